The number of methoxy groups -OCH3 is 3. The highest BCUT2D eigenvalue weighted by atomic mass is 16.5. The van der Waals surface area contributed by atoms with Crippen molar-refractivity contribution in [2.45, 2.75) is 32.4 Å². The van der Waals surface area contributed by atoms with E-state index < -0.39 is 29.4 Å². The average molecular weight is 420 g/mol. The van der Waals surface area contributed by atoms with E-state index in [1.165, 1.54) is 26.2 Å². The van der Waals surface area contributed by atoms with Crippen molar-refractivity contribution >= 4 is 17.8 Å². The topological polar surface area (TPSA) is 103 Å². The SMILES string of the molecule is CCOC(=O)[C@]1(C)N[C@H](c2cc(OC)c(OC)c(OC)c2)[C@H]2C(=O)N(CC)C(=O)[C@H]21. The maximum absolute atomic E-state index is 13.1. The molecule has 0 bridgehead atoms. The Morgan fingerprint density at radius 2 is 1.67 bits per heavy atom. The molecular formula is C21H28N2O7. The van der Waals surface area contributed by atoms with Crippen LogP contribution in [0.25, 0.3) is 0 Å². The summed E-state index contributed by atoms with van der Waals surface area (Å²) in [5.74, 6) is -1.62. The first-order valence-corrected chi connectivity index (χ1v) is 9.88. The Labute approximate surface area is 175 Å². The number of likely N-dealkylation sites (tertiary alicyclic amines) is 1. The van der Waals surface area contributed by atoms with E-state index in [0.29, 0.717) is 22.8 Å². The zero-order valence-corrected chi connectivity index (χ0v) is 18.1. The van der Waals surface area contributed by atoms with Gasteiger partial charge in [-0.15, -0.1) is 0 Å². The second-order valence-corrected chi connectivity index (χ2v) is 7.43. The molecule has 3 rings (SSSR count). The summed E-state index contributed by atoms with van der Waals surface area (Å²) in [4.78, 5) is 40.3. The van der Waals surface area contributed by atoms with Gasteiger partial charge in [0.25, 0.3) is 0 Å². The number of benzene rings is 1. The zero-order chi connectivity index (χ0) is 22.2. The largest absolute Gasteiger partial charge is 0.493 e. The molecule has 1 aromatic rings. The lowest BCUT2D eigenvalue weighted by Gasteiger charge is -2.29. The van der Waals surface area contributed by atoms with Gasteiger partial charge in [0.2, 0.25) is 17.6 Å². The summed E-state index contributed by atoms with van der Waals surface area (Å²) in [6.07, 6.45) is 0. The number of rotatable bonds is 7. The number of carbonyl (C=O) groups is 3. The molecule has 2 aliphatic heterocycles. The van der Waals surface area contributed by atoms with Gasteiger partial charge in [0, 0.05) is 12.6 Å². The highest BCUT2D eigenvalue weighted by molar-refractivity contribution is 6.09. The molecule has 0 radical (unpaired) electrons. The number of hydrogen-bond acceptors (Lipinski definition) is 8. The van der Waals surface area contributed by atoms with Crippen LogP contribution in [0.3, 0.4) is 0 Å². The number of nitrogens with one attached hydrogen (secondary N) is 1. The van der Waals surface area contributed by atoms with Crippen LogP contribution in [0.4, 0.5) is 0 Å². The molecule has 2 fully saturated rings. The van der Waals surface area contributed by atoms with Gasteiger partial charge in [0.15, 0.2) is 11.5 Å². The number of esters is 1. The molecule has 0 saturated carbocycles. The van der Waals surface area contributed by atoms with Gasteiger partial charge in [-0.25, -0.2) is 0 Å². The van der Waals surface area contributed by atoms with Crippen molar-refractivity contribution in [1.29, 1.82) is 0 Å². The number of carbonyl (C=O) groups excluding carboxylic acids is 3. The summed E-state index contributed by atoms with van der Waals surface area (Å²) in [5, 5.41) is 3.22. The van der Waals surface area contributed by atoms with Crippen molar-refractivity contribution in [3.63, 3.8) is 0 Å². The molecule has 1 aromatic carbocycles. The molecule has 0 aromatic heterocycles. The van der Waals surface area contributed by atoms with E-state index >= 15 is 0 Å². The Hall–Kier alpha value is -2.81. The van der Waals surface area contributed by atoms with Crippen LogP contribution in [0.1, 0.15) is 32.4 Å². The third-order valence-electron chi connectivity index (χ3n) is 5.94. The maximum atomic E-state index is 13.1. The van der Waals surface area contributed by atoms with Gasteiger partial charge < -0.3 is 18.9 Å². The Balaban J connectivity index is 2.15. The molecule has 30 heavy (non-hydrogen) atoms. The fourth-order valence-electron chi connectivity index (χ4n) is 4.55. The van der Waals surface area contributed by atoms with Crippen LogP contribution in [-0.2, 0) is 19.1 Å². The second-order valence-electron chi connectivity index (χ2n) is 7.43. The molecule has 0 aliphatic carbocycles. The molecule has 0 unspecified atom stereocenters. The number of hydrogen-bond donors (Lipinski definition) is 1. The first-order chi connectivity index (χ1) is 14.3. The highest BCUT2D eigenvalue weighted by Gasteiger charge is 2.66. The summed E-state index contributed by atoms with van der Waals surface area (Å²) in [6.45, 7) is 5.46. The number of amides is 2. The normalized spacial score (nSPS) is 27.8. The first kappa shape index (κ1) is 21.9. The maximum Gasteiger partial charge on any atom is 0.326 e. The van der Waals surface area contributed by atoms with Crippen molar-refractivity contribution in [2.75, 3.05) is 34.5 Å². The predicted molar refractivity (Wildman–Crippen MR) is 106 cm³/mol. The first-order valence-electron chi connectivity index (χ1n) is 9.88. The van der Waals surface area contributed by atoms with Crippen LogP contribution in [0.5, 0.6) is 17.2 Å². The van der Waals surface area contributed by atoms with E-state index in [2.05, 4.69) is 5.32 Å². The minimum Gasteiger partial charge on any atom is -0.493 e. The van der Waals surface area contributed by atoms with Crippen LogP contribution < -0.4 is 19.5 Å². The smallest absolute Gasteiger partial charge is 0.326 e. The number of ether oxygens (including phenoxy) is 4. The molecule has 1 N–H and O–H groups in total. The fourth-order valence-corrected chi connectivity index (χ4v) is 4.55. The van der Waals surface area contributed by atoms with E-state index in [1.54, 1.807) is 32.9 Å². The van der Waals surface area contributed by atoms with E-state index in [9.17, 15) is 14.4 Å². The van der Waals surface area contributed by atoms with Crippen molar-refractivity contribution < 1.29 is 33.3 Å². The van der Waals surface area contributed by atoms with Crippen LogP contribution in [0.15, 0.2) is 12.1 Å². The zero-order valence-electron chi connectivity index (χ0n) is 18.1. The van der Waals surface area contributed by atoms with Crippen molar-refractivity contribution in [2.24, 2.45) is 11.8 Å². The third-order valence-corrected chi connectivity index (χ3v) is 5.94. The summed E-state index contributed by atoms with van der Waals surface area (Å²) in [6, 6.07) is 2.82. The molecule has 164 valence electrons. The van der Waals surface area contributed by atoms with Gasteiger partial charge in [-0.05, 0) is 38.5 Å². The fraction of sp³-hybridized carbons (Fsp3) is 0.571. The van der Waals surface area contributed by atoms with E-state index in [-0.39, 0.29) is 25.0 Å². The van der Waals surface area contributed by atoms with Gasteiger partial charge in [-0.2, -0.15) is 0 Å². The van der Waals surface area contributed by atoms with Crippen LogP contribution in [0, 0.1) is 11.8 Å². The molecule has 9 nitrogen and oxygen atoms in total. The molecule has 2 amide bonds. The number of imide groups is 1. The molecule has 2 saturated heterocycles. The van der Waals surface area contributed by atoms with Crippen LogP contribution in [0.2, 0.25) is 0 Å². The van der Waals surface area contributed by atoms with Gasteiger partial charge in [-0.1, -0.05) is 0 Å². The minimum atomic E-state index is -1.34. The lowest BCUT2D eigenvalue weighted by molar-refractivity contribution is -0.155. The highest BCUT2D eigenvalue weighted by Crippen LogP contribution is 2.51. The molecule has 9 heteroatoms. The van der Waals surface area contributed by atoms with Crippen LogP contribution in [-0.4, -0.2) is 62.7 Å². The van der Waals surface area contributed by atoms with Crippen molar-refractivity contribution in [1.82, 2.24) is 10.2 Å². The standard InChI is InChI=1S/C21H28N2O7/c1-7-23-18(24)14-15(19(23)25)21(3,20(26)30-8-2)22-16(14)11-9-12(27-4)17(29-6)13(10-11)28-5/h9-10,14-16,22H,7-8H2,1-6H3/t14-,15-,16+,21+/m0/s1. The minimum absolute atomic E-state index is 0.169. The Kier molecular flexibility index (Phi) is 5.94. The average Bonchev–Trinajstić information content (AvgIpc) is 3.20. The molecule has 2 aliphatic rings. The quantitative estimate of drug-likeness (QED) is 0.520. The summed E-state index contributed by atoms with van der Waals surface area (Å²) in [7, 11) is 4.50. The number of nitrogens with zero attached hydrogens (tertiary/aromatic N) is 1. The van der Waals surface area contributed by atoms with E-state index in [0.717, 1.165) is 0 Å². The summed E-state index contributed by atoms with van der Waals surface area (Å²) >= 11 is 0. The number of fused-ring (bicyclic) bond motifs is 1. The van der Waals surface area contributed by atoms with Crippen LogP contribution >= 0.6 is 0 Å². The van der Waals surface area contributed by atoms with Gasteiger partial charge in [0.1, 0.15) is 5.54 Å². The molecule has 4 atom stereocenters. The molecule has 0 spiro atoms. The van der Waals surface area contributed by atoms with Gasteiger partial charge in [0.05, 0.1) is 39.8 Å². The van der Waals surface area contributed by atoms with E-state index in [1.807, 2.05) is 0 Å². The Bertz CT molecular complexity index is 846. The molecular weight excluding hydrogens is 392 g/mol. The van der Waals surface area contributed by atoms with E-state index in [4.69, 9.17) is 18.9 Å². The Morgan fingerprint density at radius 1 is 1.07 bits per heavy atom. The second kappa shape index (κ2) is 8.14. The monoisotopic (exact) mass is 420 g/mol. The van der Waals surface area contributed by atoms with Gasteiger partial charge >= 0.3 is 5.97 Å². The lowest BCUT2D eigenvalue weighted by Crippen LogP contribution is -2.54. The van der Waals surface area contributed by atoms with Crippen molar-refractivity contribution in [3.8, 4) is 17.2 Å². The Morgan fingerprint density at radius 3 is 2.13 bits per heavy atom. The predicted octanol–water partition coefficient (Wildman–Crippen LogP) is 1.30. The lowest BCUT2D eigenvalue weighted by atomic mass is 9.80. The summed E-state index contributed by atoms with van der Waals surface area (Å²) < 4.78 is 21.5. The molecule has 2 heterocycles. The van der Waals surface area contributed by atoms with Crippen molar-refractivity contribution in [3.05, 3.63) is 17.7 Å². The third kappa shape index (κ3) is 3.08. The summed E-state index contributed by atoms with van der Waals surface area (Å²) in [5.41, 5.74) is -0.700. The van der Waals surface area contributed by atoms with Gasteiger partial charge in [-0.3, -0.25) is 24.6 Å².